The van der Waals surface area contributed by atoms with Crippen LogP contribution >= 0.6 is 0 Å². The zero-order valence-corrected chi connectivity index (χ0v) is 19.8. The maximum atomic E-state index is 4.28. The summed E-state index contributed by atoms with van der Waals surface area (Å²) >= 11 is 0. The van der Waals surface area contributed by atoms with Gasteiger partial charge >= 0.3 is 0 Å². The van der Waals surface area contributed by atoms with Crippen molar-refractivity contribution in [1.29, 1.82) is 0 Å². The molecule has 1 nitrogen and oxygen atoms in total. The lowest BCUT2D eigenvalue weighted by atomic mass is 9.93. The van der Waals surface area contributed by atoms with Crippen LogP contribution in [0.5, 0.6) is 0 Å². The summed E-state index contributed by atoms with van der Waals surface area (Å²) in [4.78, 5) is 2.32. The molecular weight excluding hydrogens is 398 g/mol. The summed E-state index contributed by atoms with van der Waals surface area (Å²) in [5.74, 6) is 0. The molecule has 0 spiro atoms. The van der Waals surface area contributed by atoms with Crippen LogP contribution in [0.25, 0.3) is 10.8 Å². The zero-order chi connectivity index (χ0) is 23.0. The predicted octanol–water partition coefficient (Wildman–Crippen LogP) is 8.84. The first-order valence-electron chi connectivity index (χ1n) is 11.8. The van der Waals surface area contributed by atoms with E-state index in [2.05, 4.69) is 129 Å². The molecule has 0 unspecified atom stereocenters. The summed E-state index contributed by atoms with van der Waals surface area (Å²) in [6, 6.07) is 23.8. The third kappa shape index (κ3) is 6.02. The van der Waals surface area contributed by atoms with E-state index in [1.54, 1.807) is 0 Å². The molecule has 0 saturated heterocycles. The fraction of sp³-hybridized carbons (Fsp3) is 0.188. The molecule has 0 fully saturated rings. The molecule has 0 aliphatic heterocycles. The van der Waals surface area contributed by atoms with Gasteiger partial charge in [0.15, 0.2) is 0 Å². The molecule has 0 N–H and O–H groups in total. The van der Waals surface area contributed by atoms with Gasteiger partial charge in [0.25, 0.3) is 0 Å². The highest BCUT2D eigenvalue weighted by molar-refractivity contribution is 5.86. The first kappa shape index (κ1) is 22.6. The third-order valence-corrected chi connectivity index (χ3v) is 6.35. The van der Waals surface area contributed by atoms with Crippen molar-refractivity contribution >= 4 is 16.5 Å². The van der Waals surface area contributed by atoms with Crippen LogP contribution in [-0.2, 0) is 6.54 Å². The zero-order valence-electron chi connectivity index (χ0n) is 19.8. The van der Waals surface area contributed by atoms with E-state index in [-0.39, 0.29) is 0 Å². The van der Waals surface area contributed by atoms with Gasteiger partial charge in [0.05, 0.1) is 0 Å². The van der Waals surface area contributed by atoms with Crippen molar-refractivity contribution in [2.75, 3.05) is 4.90 Å². The number of allylic oxidation sites excluding steroid dienone is 8. The topological polar surface area (TPSA) is 3.24 Å². The molecule has 0 radical (unpaired) electrons. The van der Waals surface area contributed by atoms with Gasteiger partial charge in [-0.25, -0.2) is 0 Å². The maximum absolute atomic E-state index is 4.28. The van der Waals surface area contributed by atoms with Gasteiger partial charge in [-0.3, -0.25) is 0 Å². The van der Waals surface area contributed by atoms with Crippen LogP contribution < -0.4 is 4.90 Å². The number of rotatable bonds is 8. The van der Waals surface area contributed by atoms with Gasteiger partial charge in [-0.1, -0.05) is 102 Å². The van der Waals surface area contributed by atoms with Gasteiger partial charge in [0.1, 0.15) is 0 Å². The van der Waals surface area contributed by atoms with Gasteiger partial charge in [-0.05, 0) is 73.2 Å². The normalized spacial score (nSPS) is 14.0. The minimum Gasteiger partial charge on any atom is -0.344 e. The molecule has 1 heteroatoms. The first-order chi connectivity index (χ1) is 16.1. The average molecular weight is 432 g/mol. The summed E-state index contributed by atoms with van der Waals surface area (Å²) in [6.45, 7) is 9.49. The Morgan fingerprint density at radius 2 is 1.73 bits per heavy atom. The maximum Gasteiger partial charge on any atom is 0.0478 e. The highest BCUT2D eigenvalue weighted by Gasteiger charge is 2.08. The van der Waals surface area contributed by atoms with Crippen LogP contribution in [0, 0.1) is 6.92 Å². The minimum atomic E-state index is 0.828. The highest BCUT2D eigenvalue weighted by atomic mass is 15.1. The molecule has 3 aromatic carbocycles. The molecule has 0 heterocycles. The van der Waals surface area contributed by atoms with Crippen LogP contribution in [0.15, 0.2) is 127 Å². The molecule has 0 atom stereocenters. The number of aryl methyl sites for hydroxylation is 1. The number of anilines is 1. The Balaban J connectivity index is 1.53. The molecular formula is C32H33N. The van der Waals surface area contributed by atoms with E-state index in [4.69, 9.17) is 0 Å². The van der Waals surface area contributed by atoms with E-state index in [0.717, 1.165) is 31.4 Å². The monoisotopic (exact) mass is 431 g/mol. The number of benzene rings is 3. The number of hydrogen-bond acceptors (Lipinski definition) is 1. The van der Waals surface area contributed by atoms with Crippen molar-refractivity contribution in [1.82, 2.24) is 0 Å². The minimum absolute atomic E-state index is 0.828. The first-order valence-corrected chi connectivity index (χ1v) is 11.8. The van der Waals surface area contributed by atoms with Crippen molar-refractivity contribution in [2.45, 2.75) is 39.7 Å². The molecule has 0 aromatic heterocycles. The predicted molar refractivity (Wildman–Crippen MR) is 144 cm³/mol. The second-order valence-electron chi connectivity index (χ2n) is 8.85. The lowest BCUT2D eigenvalue weighted by Gasteiger charge is -2.22. The third-order valence-electron chi connectivity index (χ3n) is 6.35. The van der Waals surface area contributed by atoms with E-state index in [9.17, 15) is 0 Å². The lowest BCUT2D eigenvalue weighted by Crippen LogP contribution is -2.16. The van der Waals surface area contributed by atoms with Crippen molar-refractivity contribution in [3.05, 3.63) is 138 Å². The number of fused-ring (bicyclic) bond motifs is 1. The Morgan fingerprint density at radius 1 is 0.939 bits per heavy atom. The average Bonchev–Trinajstić information content (AvgIpc) is 2.83. The second kappa shape index (κ2) is 10.8. The fourth-order valence-corrected chi connectivity index (χ4v) is 4.30. The second-order valence-corrected chi connectivity index (χ2v) is 8.85. The molecule has 3 aromatic rings. The fourth-order valence-electron chi connectivity index (χ4n) is 4.30. The van der Waals surface area contributed by atoms with Crippen LogP contribution in [0.3, 0.4) is 0 Å². The van der Waals surface area contributed by atoms with E-state index in [0.29, 0.717) is 0 Å². The van der Waals surface area contributed by atoms with Crippen LogP contribution in [0.2, 0.25) is 0 Å². The Labute approximate surface area is 198 Å². The van der Waals surface area contributed by atoms with Crippen molar-refractivity contribution < 1.29 is 0 Å². The molecule has 4 rings (SSSR count). The Hall–Kier alpha value is -3.58. The summed E-state index contributed by atoms with van der Waals surface area (Å²) in [7, 11) is 0. The van der Waals surface area contributed by atoms with Crippen LogP contribution in [-0.4, -0.2) is 0 Å². The van der Waals surface area contributed by atoms with Gasteiger partial charge in [0.2, 0.25) is 0 Å². The molecule has 0 amide bonds. The van der Waals surface area contributed by atoms with E-state index < -0.39 is 0 Å². The lowest BCUT2D eigenvalue weighted by molar-refractivity contribution is 0.893. The molecule has 33 heavy (non-hydrogen) atoms. The SMILES string of the molecule is C=C(/C=C\C=C/N(Cc1ccccc1C)c1ccc2ccccc2c1)CC1=C(C)C=CCC1. The standard InChI is InChI=1S/C32H33N/c1-25(22-29-16-6-4-13-26(29)2)12-10-11-21-33(24-31-18-7-5-14-27(31)3)32-20-19-28-15-8-9-17-30(28)23-32/h4-5,7-15,17-21,23H,1,6,16,22,24H2,2-3H3/b12-10-,21-11-. The van der Waals surface area contributed by atoms with Crippen LogP contribution in [0.1, 0.15) is 37.3 Å². The summed E-state index contributed by atoms with van der Waals surface area (Å²) in [5.41, 5.74) is 7.89. The molecule has 1 aliphatic carbocycles. The van der Waals surface area contributed by atoms with E-state index in [1.807, 2.05) is 0 Å². The number of nitrogens with zero attached hydrogens (tertiary/aromatic N) is 1. The summed E-state index contributed by atoms with van der Waals surface area (Å²) in [5, 5.41) is 2.52. The van der Waals surface area contributed by atoms with E-state index >= 15 is 0 Å². The Morgan fingerprint density at radius 3 is 2.55 bits per heavy atom. The smallest absolute Gasteiger partial charge is 0.0478 e. The van der Waals surface area contributed by atoms with Crippen molar-refractivity contribution in [2.24, 2.45) is 0 Å². The molecule has 0 saturated carbocycles. The van der Waals surface area contributed by atoms with Crippen molar-refractivity contribution in [3.8, 4) is 0 Å². The Bertz CT molecular complexity index is 1250. The van der Waals surface area contributed by atoms with Gasteiger partial charge in [0, 0.05) is 18.4 Å². The van der Waals surface area contributed by atoms with Gasteiger partial charge in [-0.2, -0.15) is 0 Å². The summed E-state index contributed by atoms with van der Waals surface area (Å²) < 4.78 is 0. The molecule has 1 aliphatic rings. The highest BCUT2D eigenvalue weighted by Crippen LogP contribution is 2.26. The van der Waals surface area contributed by atoms with E-state index in [1.165, 1.54) is 38.7 Å². The summed E-state index contributed by atoms with van der Waals surface area (Å²) in [6.07, 6.45) is 16.3. The Kier molecular flexibility index (Phi) is 7.42. The number of hydrogen-bond donors (Lipinski definition) is 0. The molecule has 166 valence electrons. The van der Waals surface area contributed by atoms with Crippen molar-refractivity contribution in [3.63, 3.8) is 0 Å². The van der Waals surface area contributed by atoms with Crippen LogP contribution in [0.4, 0.5) is 5.69 Å². The largest absolute Gasteiger partial charge is 0.344 e. The van der Waals surface area contributed by atoms with Gasteiger partial charge < -0.3 is 4.90 Å². The quantitative estimate of drug-likeness (QED) is 0.322. The van der Waals surface area contributed by atoms with Gasteiger partial charge in [-0.15, -0.1) is 0 Å². The molecule has 0 bridgehead atoms.